The van der Waals surface area contributed by atoms with Crippen LogP contribution in [-0.4, -0.2) is 52.7 Å². The fourth-order valence-corrected chi connectivity index (χ4v) is 3.19. The number of ether oxygens (including phenoxy) is 1. The van der Waals surface area contributed by atoms with Crippen molar-refractivity contribution in [3.05, 3.63) is 28.8 Å². The van der Waals surface area contributed by atoms with Gasteiger partial charge in [0.1, 0.15) is 0 Å². The normalized spacial score (nSPS) is 12.0. The van der Waals surface area contributed by atoms with Crippen LogP contribution in [0.15, 0.2) is 23.1 Å². The van der Waals surface area contributed by atoms with E-state index >= 15 is 0 Å². The van der Waals surface area contributed by atoms with E-state index in [0.717, 1.165) is 25.2 Å². The smallest absolute Gasteiger partial charge is 0.240 e. The van der Waals surface area contributed by atoms with Crippen LogP contribution >= 0.6 is 11.6 Å². The van der Waals surface area contributed by atoms with E-state index in [1.54, 1.807) is 12.1 Å². The highest BCUT2D eigenvalue weighted by molar-refractivity contribution is 7.89. The van der Waals surface area contributed by atoms with Gasteiger partial charge >= 0.3 is 0 Å². The largest absolute Gasteiger partial charge is 0.379 e. The fraction of sp³-hybridized carbons (Fsp3) is 0.600. The van der Waals surface area contributed by atoms with Gasteiger partial charge in [-0.15, -0.1) is 0 Å². The topological polar surface area (TPSA) is 58.6 Å². The van der Waals surface area contributed by atoms with Gasteiger partial charge in [0.2, 0.25) is 10.0 Å². The van der Waals surface area contributed by atoms with E-state index in [-0.39, 0.29) is 11.4 Å². The maximum Gasteiger partial charge on any atom is 0.240 e. The molecule has 0 amide bonds. The first-order valence-electron chi connectivity index (χ1n) is 7.46. The van der Waals surface area contributed by atoms with Crippen molar-refractivity contribution >= 4 is 21.6 Å². The third-order valence-corrected chi connectivity index (χ3v) is 5.30. The minimum Gasteiger partial charge on any atom is -0.379 e. The van der Waals surface area contributed by atoms with Crippen LogP contribution < -0.4 is 4.72 Å². The summed E-state index contributed by atoms with van der Waals surface area (Å²) in [6.07, 6.45) is 0. The average molecular weight is 349 g/mol. The summed E-state index contributed by atoms with van der Waals surface area (Å²) < 4.78 is 32.2. The van der Waals surface area contributed by atoms with E-state index < -0.39 is 10.0 Å². The highest BCUT2D eigenvalue weighted by atomic mass is 35.5. The minimum absolute atomic E-state index is 0.172. The number of nitrogens with zero attached hydrogens (tertiary/aromatic N) is 1. The number of rotatable bonds is 10. The Hall–Kier alpha value is -0.660. The molecular weight excluding hydrogens is 324 g/mol. The summed E-state index contributed by atoms with van der Waals surface area (Å²) >= 11 is 5.96. The van der Waals surface area contributed by atoms with E-state index in [1.807, 2.05) is 6.92 Å². The van der Waals surface area contributed by atoms with Gasteiger partial charge < -0.3 is 9.64 Å². The predicted molar refractivity (Wildman–Crippen MR) is 90.0 cm³/mol. The van der Waals surface area contributed by atoms with Crippen LogP contribution in [0.4, 0.5) is 0 Å². The number of benzene rings is 1. The molecule has 0 saturated heterocycles. The van der Waals surface area contributed by atoms with Gasteiger partial charge in [0.15, 0.2) is 0 Å². The summed E-state index contributed by atoms with van der Waals surface area (Å²) in [4.78, 5) is 2.42. The monoisotopic (exact) mass is 348 g/mol. The number of halogens is 1. The molecule has 7 heteroatoms. The Morgan fingerprint density at radius 3 is 2.50 bits per heavy atom. The van der Waals surface area contributed by atoms with Crippen molar-refractivity contribution in [2.24, 2.45) is 0 Å². The Bertz CT molecular complexity index is 560. The van der Waals surface area contributed by atoms with Crippen molar-refractivity contribution in [1.82, 2.24) is 9.62 Å². The number of hydrogen-bond acceptors (Lipinski definition) is 4. The molecule has 0 heterocycles. The Balaban J connectivity index is 2.36. The molecule has 5 nitrogen and oxygen atoms in total. The van der Waals surface area contributed by atoms with Crippen LogP contribution in [-0.2, 0) is 14.8 Å². The zero-order valence-corrected chi connectivity index (χ0v) is 15.0. The zero-order chi connectivity index (χ0) is 16.6. The third kappa shape index (κ3) is 6.22. The molecule has 0 aliphatic rings. The van der Waals surface area contributed by atoms with Gasteiger partial charge in [-0.3, -0.25) is 0 Å². The quantitative estimate of drug-likeness (QED) is 0.659. The van der Waals surface area contributed by atoms with Gasteiger partial charge in [0, 0.05) is 18.1 Å². The van der Waals surface area contributed by atoms with Crippen molar-refractivity contribution in [3.63, 3.8) is 0 Å². The van der Waals surface area contributed by atoms with Crippen molar-refractivity contribution in [2.75, 3.05) is 39.4 Å². The summed E-state index contributed by atoms with van der Waals surface area (Å²) in [5.41, 5.74) is 0.848. The molecule has 1 N–H and O–H groups in total. The Morgan fingerprint density at radius 1 is 1.23 bits per heavy atom. The van der Waals surface area contributed by atoms with Crippen LogP contribution in [0.1, 0.15) is 19.4 Å². The van der Waals surface area contributed by atoms with Crippen LogP contribution in [0.2, 0.25) is 5.02 Å². The summed E-state index contributed by atoms with van der Waals surface area (Å²) in [7, 11) is -3.54. The molecule has 0 saturated carbocycles. The van der Waals surface area contributed by atoms with Crippen molar-refractivity contribution in [3.8, 4) is 0 Å². The van der Waals surface area contributed by atoms with E-state index in [1.165, 1.54) is 6.07 Å². The van der Waals surface area contributed by atoms with Gasteiger partial charge in [0.25, 0.3) is 0 Å². The minimum atomic E-state index is -3.54. The molecule has 0 unspecified atom stereocenters. The molecule has 0 spiro atoms. The van der Waals surface area contributed by atoms with Crippen LogP contribution in [0.25, 0.3) is 0 Å². The first-order chi connectivity index (χ1) is 10.4. The van der Waals surface area contributed by atoms with Crippen molar-refractivity contribution in [2.45, 2.75) is 25.7 Å². The Labute approximate surface area is 138 Å². The lowest BCUT2D eigenvalue weighted by atomic mass is 10.2. The predicted octanol–water partition coefficient (Wildman–Crippen LogP) is 2.29. The molecule has 0 aliphatic carbocycles. The van der Waals surface area contributed by atoms with Crippen LogP contribution in [0, 0.1) is 6.92 Å². The van der Waals surface area contributed by atoms with E-state index in [4.69, 9.17) is 16.3 Å². The van der Waals surface area contributed by atoms with E-state index in [0.29, 0.717) is 18.2 Å². The molecular formula is C15H25ClN2O3S. The second-order valence-electron chi connectivity index (χ2n) is 4.95. The van der Waals surface area contributed by atoms with Gasteiger partial charge in [-0.05, 0) is 37.7 Å². The SMILES string of the molecule is CCN(CC)CCOCCNS(=O)(=O)c1ccc(C)c(Cl)c1. The first-order valence-corrected chi connectivity index (χ1v) is 9.32. The second kappa shape index (κ2) is 9.47. The Morgan fingerprint density at radius 2 is 1.91 bits per heavy atom. The number of aryl methyl sites for hydroxylation is 1. The number of nitrogens with one attached hydrogen (secondary N) is 1. The summed E-state index contributed by atoms with van der Waals surface area (Å²) in [6, 6.07) is 4.70. The van der Waals surface area contributed by atoms with Gasteiger partial charge in [0.05, 0.1) is 18.1 Å². The highest BCUT2D eigenvalue weighted by Crippen LogP contribution is 2.19. The lowest BCUT2D eigenvalue weighted by Crippen LogP contribution is -2.30. The fourth-order valence-electron chi connectivity index (χ4n) is 1.91. The van der Waals surface area contributed by atoms with Gasteiger partial charge in [-0.2, -0.15) is 0 Å². The molecule has 0 atom stereocenters. The zero-order valence-electron chi connectivity index (χ0n) is 13.4. The molecule has 0 fully saturated rings. The summed E-state index contributed by atoms with van der Waals surface area (Å²) in [5.74, 6) is 0. The second-order valence-corrected chi connectivity index (χ2v) is 7.12. The van der Waals surface area contributed by atoms with Crippen molar-refractivity contribution < 1.29 is 13.2 Å². The lowest BCUT2D eigenvalue weighted by molar-refractivity contribution is 0.111. The molecule has 0 aromatic heterocycles. The summed E-state index contributed by atoms with van der Waals surface area (Å²) in [6.45, 7) is 10.0. The standard InChI is InChI=1S/C15H25ClN2O3S/c1-4-18(5-2)9-11-21-10-8-17-22(19,20)14-7-6-13(3)15(16)12-14/h6-7,12,17H,4-5,8-11H2,1-3H3. The molecule has 22 heavy (non-hydrogen) atoms. The molecule has 126 valence electrons. The summed E-state index contributed by atoms with van der Waals surface area (Å²) in [5, 5.41) is 0.443. The van der Waals surface area contributed by atoms with E-state index in [2.05, 4.69) is 23.5 Å². The maximum atomic E-state index is 12.1. The average Bonchev–Trinajstić information content (AvgIpc) is 2.49. The third-order valence-electron chi connectivity index (χ3n) is 3.44. The molecule has 1 rings (SSSR count). The maximum absolute atomic E-state index is 12.1. The Kier molecular flexibility index (Phi) is 8.35. The first kappa shape index (κ1) is 19.4. The molecule has 0 bridgehead atoms. The van der Waals surface area contributed by atoms with Crippen LogP contribution in [0.5, 0.6) is 0 Å². The molecule has 0 aliphatic heterocycles. The van der Waals surface area contributed by atoms with Crippen molar-refractivity contribution in [1.29, 1.82) is 0 Å². The molecule has 1 aromatic carbocycles. The van der Waals surface area contributed by atoms with E-state index in [9.17, 15) is 8.42 Å². The number of sulfonamides is 1. The molecule has 1 aromatic rings. The van der Waals surface area contributed by atoms with Gasteiger partial charge in [-0.1, -0.05) is 31.5 Å². The molecule has 0 radical (unpaired) electrons. The lowest BCUT2D eigenvalue weighted by Gasteiger charge is -2.17. The number of hydrogen-bond donors (Lipinski definition) is 1. The highest BCUT2D eigenvalue weighted by Gasteiger charge is 2.14. The van der Waals surface area contributed by atoms with Crippen LogP contribution in [0.3, 0.4) is 0 Å². The number of likely N-dealkylation sites (N-methyl/N-ethyl adjacent to an activating group) is 1. The van der Waals surface area contributed by atoms with Gasteiger partial charge in [-0.25, -0.2) is 13.1 Å².